The maximum atomic E-state index is 12.8. The van der Waals surface area contributed by atoms with Crippen molar-refractivity contribution < 1.29 is 4.39 Å². The predicted molar refractivity (Wildman–Crippen MR) is 62.3 cm³/mol. The summed E-state index contributed by atoms with van der Waals surface area (Å²) in [6.45, 7) is 3.00. The highest BCUT2D eigenvalue weighted by atomic mass is 19.1. The van der Waals surface area contributed by atoms with Gasteiger partial charge in [-0.25, -0.2) is 4.39 Å². The number of nitriles is 1. The maximum Gasteiger partial charge on any atom is 0.123 e. The normalized spacial score (nSPS) is 12.4. The molecule has 0 N–H and O–H groups in total. The summed E-state index contributed by atoms with van der Waals surface area (Å²) in [5.41, 5.74) is 0.850. The molecule has 1 rings (SSSR count). The molecule has 3 heteroatoms. The molecule has 16 heavy (non-hydrogen) atoms. The van der Waals surface area contributed by atoms with E-state index in [-0.39, 0.29) is 11.9 Å². The van der Waals surface area contributed by atoms with Gasteiger partial charge in [0.25, 0.3) is 0 Å². The van der Waals surface area contributed by atoms with Crippen LogP contribution in [-0.4, -0.2) is 18.5 Å². The van der Waals surface area contributed by atoms with Crippen LogP contribution in [0.15, 0.2) is 24.3 Å². The number of unbranched alkanes of at least 4 members (excludes halogenated alkanes) is 1. The molecule has 86 valence electrons. The number of nitrogens with zero attached hydrogens (tertiary/aromatic N) is 2. The fourth-order valence-electron chi connectivity index (χ4n) is 1.61. The summed E-state index contributed by atoms with van der Waals surface area (Å²) in [4.78, 5) is 2.00. The molecule has 0 amide bonds. The zero-order valence-electron chi connectivity index (χ0n) is 9.78. The van der Waals surface area contributed by atoms with Crippen molar-refractivity contribution >= 4 is 0 Å². The number of benzene rings is 1. The highest BCUT2D eigenvalue weighted by molar-refractivity contribution is 5.24. The van der Waals surface area contributed by atoms with E-state index >= 15 is 0 Å². The van der Waals surface area contributed by atoms with Crippen molar-refractivity contribution in [2.45, 2.75) is 25.8 Å². The summed E-state index contributed by atoms with van der Waals surface area (Å²) in [7, 11) is 1.92. The molecule has 0 aliphatic carbocycles. The van der Waals surface area contributed by atoms with Gasteiger partial charge in [-0.3, -0.25) is 4.90 Å². The second kappa shape index (κ2) is 6.24. The van der Waals surface area contributed by atoms with Gasteiger partial charge in [-0.05, 0) is 37.7 Å². The van der Waals surface area contributed by atoms with Gasteiger partial charge in [0.15, 0.2) is 0 Å². The Kier molecular flexibility index (Phi) is 4.94. The predicted octanol–water partition coefficient (Wildman–Crippen LogP) is 3.12. The first kappa shape index (κ1) is 12.7. The molecular formula is C13H17FN2. The Morgan fingerprint density at radius 1 is 1.38 bits per heavy atom. The molecule has 0 bridgehead atoms. The summed E-state index contributed by atoms with van der Waals surface area (Å²) < 4.78 is 12.8. The van der Waals surface area contributed by atoms with Crippen molar-refractivity contribution in [3.63, 3.8) is 0 Å². The summed E-state index contributed by atoms with van der Waals surface area (Å²) in [5, 5.41) is 9.13. The molecule has 0 spiro atoms. The van der Waals surface area contributed by atoms with Crippen LogP contribution in [0.3, 0.4) is 0 Å². The fourth-order valence-corrected chi connectivity index (χ4v) is 1.61. The monoisotopic (exact) mass is 220 g/mol. The van der Waals surface area contributed by atoms with E-state index in [1.54, 1.807) is 12.1 Å². The Balaban J connectivity index is 2.74. The van der Waals surface area contributed by atoms with Gasteiger partial charge >= 0.3 is 0 Å². The number of hydrogen-bond acceptors (Lipinski definition) is 2. The lowest BCUT2D eigenvalue weighted by molar-refractivity contribution is 0.286. The van der Waals surface area contributed by atoms with Crippen molar-refractivity contribution in [1.82, 2.24) is 4.90 Å². The summed E-state index contributed by atoms with van der Waals surface area (Å²) >= 11 is 0. The second-order valence-corrected chi connectivity index (χ2v) is 3.92. The Morgan fingerprint density at radius 2 is 2.00 bits per heavy atom. The quantitative estimate of drug-likeness (QED) is 0.762. The molecule has 1 aromatic carbocycles. The minimum Gasteiger partial charge on any atom is -0.287 e. The lowest BCUT2D eigenvalue weighted by atomic mass is 10.1. The van der Waals surface area contributed by atoms with Crippen LogP contribution in [0, 0.1) is 17.1 Å². The Morgan fingerprint density at radius 3 is 2.50 bits per heavy atom. The lowest BCUT2D eigenvalue weighted by Crippen LogP contribution is -2.24. The zero-order valence-corrected chi connectivity index (χ0v) is 9.78. The number of rotatable bonds is 5. The molecule has 0 radical (unpaired) electrons. The van der Waals surface area contributed by atoms with Crippen LogP contribution in [0.5, 0.6) is 0 Å². The highest BCUT2D eigenvalue weighted by Gasteiger charge is 2.15. The van der Waals surface area contributed by atoms with Crippen LogP contribution in [0.25, 0.3) is 0 Å². The van der Waals surface area contributed by atoms with Gasteiger partial charge in [0, 0.05) is 0 Å². The van der Waals surface area contributed by atoms with Crippen molar-refractivity contribution in [3.8, 4) is 6.07 Å². The number of hydrogen-bond donors (Lipinski definition) is 0. The maximum absolute atomic E-state index is 12.8. The highest BCUT2D eigenvalue weighted by Crippen LogP contribution is 2.19. The molecule has 1 atom stereocenters. The SMILES string of the molecule is CCCCN(C)C(C#N)c1ccc(F)cc1. The average molecular weight is 220 g/mol. The van der Waals surface area contributed by atoms with Gasteiger partial charge in [0.1, 0.15) is 11.9 Å². The van der Waals surface area contributed by atoms with Gasteiger partial charge in [0.2, 0.25) is 0 Å². The van der Waals surface area contributed by atoms with E-state index in [1.807, 2.05) is 11.9 Å². The molecule has 1 aromatic rings. The third kappa shape index (κ3) is 3.32. The van der Waals surface area contributed by atoms with Gasteiger partial charge < -0.3 is 0 Å². The van der Waals surface area contributed by atoms with E-state index in [0.717, 1.165) is 24.9 Å². The van der Waals surface area contributed by atoms with E-state index in [4.69, 9.17) is 5.26 Å². The van der Waals surface area contributed by atoms with Gasteiger partial charge in [-0.2, -0.15) is 5.26 Å². The molecule has 0 fully saturated rings. The smallest absolute Gasteiger partial charge is 0.123 e. The number of halogens is 1. The second-order valence-electron chi connectivity index (χ2n) is 3.92. The van der Waals surface area contributed by atoms with Crippen LogP contribution in [-0.2, 0) is 0 Å². The van der Waals surface area contributed by atoms with Crippen LogP contribution < -0.4 is 0 Å². The molecule has 0 aromatic heterocycles. The molecule has 2 nitrogen and oxygen atoms in total. The molecule has 0 heterocycles. The standard InChI is InChI=1S/C13H17FN2/c1-3-4-9-16(2)13(10-15)11-5-7-12(14)8-6-11/h5-8,13H,3-4,9H2,1-2H3. The fraction of sp³-hybridized carbons (Fsp3) is 0.462. The first-order valence-electron chi connectivity index (χ1n) is 5.54. The van der Waals surface area contributed by atoms with Crippen LogP contribution in [0.4, 0.5) is 4.39 Å². The first-order chi connectivity index (χ1) is 7.69. The minimum absolute atomic E-state index is 0.267. The zero-order chi connectivity index (χ0) is 12.0. The van der Waals surface area contributed by atoms with Crippen molar-refractivity contribution in [2.75, 3.05) is 13.6 Å². The van der Waals surface area contributed by atoms with Gasteiger partial charge in [-0.1, -0.05) is 25.5 Å². The van der Waals surface area contributed by atoms with Gasteiger partial charge in [0.05, 0.1) is 6.07 Å². The van der Waals surface area contributed by atoms with Crippen LogP contribution in [0.1, 0.15) is 31.4 Å². The Hall–Kier alpha value is -1.40. The molecule has 0 aliphatic rings. The summed E-state index contributed by atoms with van der Waals surface area (Å²) in [6, 6.07) is 8.10. The molecule has 0 saturated carbocycles. The van der Waals surface area contributed by atoms with E-state index in [2.05, 4.69) is 13.0 Å². The van der Waals surface area contributed by atoms with Crippen molar-refractivity contribution in [3.05, 3.63) is 35.6 Å². The van der Waals surface area contributed by atoms with Crippen molar-refractivity contribution in [2.24, 2.45) is 0 Å². The molecular weight excluding hydrogens is 203 g/mol. The molecule has 0 saturated heterocycles. The third-order valence-corrected chi connectivity index (χ3v) is 2.61. The van der Waals surface area contributed by atoms with Gasteiger partial charge in [-0.15, -0.1) is 0 Å². The summed E-state index contributed by atoms with van der Waals surface area (Å²) in [6.07, 6.45) is 2.17. The van der Waals surface area contributed by atoms with Crippen LogP contribution in [0.2, 0.25) is 0 Å². The molecule has 0 aliphatic heterocycles. The van der Waals surface area contributed by atoms with E-state index in [1.165, 1.54) is 12.1 Å². The van der Waals surface area contributed by atoms with E-state index in [9.17, 15) is 4.39 Å². The Labute approximate surface area is 96.3 Å². The third-order valence-electron chi connectivity index (χ3n) is 2.61. The van der Waals surface area contributed by atoms with E-state index < -0.39 is 0 Å². The van der Waals surface area contributed by atoms with Crippen molar-refractivity contribution in [1.29, 1.82) is 5.26 Å². The largest absolute Gasteiger partial charge is 0.287 e. The Bertz CT molecular complexity index is 353. The lowest BCUT2D eigenvalue weighted by Gasteiger charge is -2.22. The van der Waals surface area contributed by atoms with Crippen LogP contribution >= 0.6 is 0 Å². The first-order valence-corrected chi connectivity index (χ1v) is 5.54. The summed E-state index contributed by atoms with van der Waals surface area (Å²) in [5.74, 6) is -0.267. The van der Waals surface area contributed by atoms with E-state index in [0.29, 0.717) is 0 Å². The average Bonchev–Trinajstić information content (AvgIpc) is 2.30. The minimum atomic E-state index is -0.285. The topological polar surface area (TPSA) is 27.0 Å². The molecule has 1 unspecified atom stereocenters.